The maximum Gasteiger partial charge on any atom is 0.119 e. The van der Waals surface area contributed by atoms with Crippen molar-refractivity contribution in [3.63, 3.8) is 0 Å². The Morgan fingerprint density at radius 2 is 2.33 bits per heavy atom. The lowest BCUT2D eigenvalue weighted by atomic mass is 10.4. The fourth-order valence-electron chi connectivity index (χ4n) is 0.998. The maximum absolute atomic E-state index is 5.00. The second-order valence-electron chi connectivity index (χ2n) is 2.58. The molecule has 0 aliphatic heterocycles. The fourth-order valence-corrected chi connectivity index (χ4v) is 2.05. The molecule has 0 atom stereocenters. The summed E-state index contributed by atoms with van der Waals surface area (Å²) < 4.78 is 5.00. The molecule has 1 aromatic rings. The smallest absolute Gasteiger partial charge is 0.119 e. The molecule has 0 saturated heterocycles. The molecule has 1 heterocycles. The Balaban J connectivity index is 2.70. The molecule has 0 saturated carbocycles. The van der Waals surface area contributed by atoms with Crippen LogP contribution in [0.5, 0.6) is 0 Å². The van der Waals surface area contributed by atoms with Gasteiger partial charge in [-0.1, -0.05) is 0 Å². The largest absolute Gasteiger partial charge is 0.378 e. The summed E-state index contributed by atoms with van der Waals surface area (Å²) in [4.78, 5) is 5.67. The van der Waals surface area contributed by atoms with Gasteiger partial charge in [-0.3, -0.25) is 0 Å². The fraction of sp³-hybridized carbons (Fsp3) is 0.625. The van der Waals surface area contributed by atoms with E-state index in [9.17, 15) is 0 Å². The number of hydrogen-bond donors (Lipinski definition) is 1. The van der Waals surface area contributed by atoms with E-state index < -0.39 is 0 Å². The van der Waals surface area contributed by atoms with E-state index in [0.717, 1.165) is 17.2 Å². The molecule has 1 aromatic heterocycles. The lowest BCUT2D eigenvalue weighted by molar-refractivity contribution is 0.184. The van der Waals surface area contributed by atoms with Gasteiger partial charge in [-0.15, -0.1) is 11.3 Å². The first-order chi connectivity index (χ1) is 5.77. The molecule has 4 heteroatoms. The maximum atomic E-state index is 5.00. The van der Waals surface area contributed by atoms with Crippen LogP contribution in [0.2, 0.25) is 0 Å². The van der Waals surface area contributed by atoms with E-state index in [0.29, 0.717) is 6.61 Å². The summed E-state index contributed by atoms with van der Waals surface area (Å²) in [7, 11) is 3.63. The summed E-state index contributed by atoms with van der Waals surface area (Å²) >= 11 is 1.71. The Morgan fingerprint density at radius 3 is 2.92 bits per heavy atom. The molecule has 0 bridgehead atoms. The van der Waals surface area contributed by atoms with Crippen LogP contribution in [0.15, 0.2) is 0 Å². The molecule has 0 spiro atoms. The van der Waals surface area contributed by atoms with Gasteiger partial charge in [0, 0.05) is 18.5 Å². The summed E-state index contributed by atoms with van der Waals surface area (Å²) in [6.45, 7) is 3.55. The number of rotatable bonds is 4. The summed E-state index contributed by atoms with van der Waals surface area (Å²) in [5, 5.41) is 4.17. The first-order valence-corrected chi connectivity index (χ1v) is 4.68. The van der Waals surface area contributed by atoms with E-state index in [1.54, 1.807) is 18.4 Å². The van der Waals surface area contributed by atoms with Crippen molar-refractivity contribution in [3.8, 4) is 0 Å². The van der Waals surface area contributed by atoms with Crippen LogP contribution >= 0.6 is 11.3 Å². The minimum Gasteiger partial charge on any atom is -0.378 e. The van der Waals surface area contributed by atoms with Crippen molar-refractivity contribution in [1.29, 1.82) is 0 Å². The molecule has 3 nitrogen and oxygen atoms in total. The van der Waals surface area contributed by atoms with Crippen LogP contribution in [0.3, 0.4) is 0 Å². The number of aromatic nitrogens is 1. The predicted octanol–water partition coefficient (Wildman–Crippen LogP) is 1.32. The molecule has 1 N–H and O–H groups in total. The highest BCUT2D eigenvalue weighted by Gasteiger charge is 2.05. The van der Waals surface area contributed by atoms with E-state index in [1.165, 1.54) is 4.88 Å². The van der Waals surface area contributed by atoms with Crippen molar-refractivity contribution in [2.75, 3.05) is 14.2 Å². The van der Waals surface area contributed by atoms with Crippen LogP contribution in [0.1, 0.15) is 15.6 Å². The third kappa shape index (κ3) is 2.27. The average Bonchev–Trinajstić information content (AvgIpc) is 2.34. The highest BCUT2D eigenvalue weighted by atomic mass is 32.1. The van der Waals surface area contributed by atoms with Crippen LogP contribution in [0, 0.1) is 6.92 Å². The van der Waals surface area contributed by atoms with Gasteiger partial charge >= 0.3 is 0 Å². The summed E-state index contributed by atoms with van der Waals surface area (Å²) in [5.41, 5.74) is 1.11. The van der Waals surface area contributed by atoms with Crippen LogP contribution in [-0.4, -0.2) is 19.1 Å². The lowest BCUT2D eigenvalue weighted by Crippen LogP contribution is -2.04. The third-order valence-corrected chi connectivity index (χ3v) is 2.67. The van der Waals surface area contributed by atoms with Crippen molar-refractivity contribution in [2.24, 2.45) is 0 Å². The number of nitrogens with one attached hydrogen (secondary N) is 1. The van der Waals surface area contributed by atoms with E-state index >= 15 is 0 Å². The molecule has 0 fully saturated rings. The number of ether oxygens (including phenoxy) is 1. The second kappa shape index (κ2) is 4.54. The van der Waals surface area contributed by atoms with E-state index in [4.69, 9.17) is 4.74 Å². The third-order valence-electron chi connectivity index (χ3n) is 1.54. The van der Waals surface area contributed by atoms with Gasteiger partial charge in [0.25, 0.3) is 0 Å². The molecular formula is C8H14N2OS. The Hall–Kier alpha value is -0.450. The quantitative estimate of drug-likeness (QED) is 0.770. The Kier molecular flexibility index (Phi) is 3.65. The molecule has 0 amide bonds. The SMILES string of the molecule is CNCc1sc(COC)nc1C. The average molecular weight is 186 g/mol. The molecule has 0 radical (unpaired) electrons. The number of hydrogen-bond acceptors (Lipinski definition) is 4. The van der Waals surface area contributed by atoms with E-state index in [1.807, 2.05) is 14.0 Å². The van der Waals surface area contributed by atoms with Crippen molar-refractivity contribution >= 4 is 11.3 Å². The van der Waals surface area contributed by atoms with Gasteiger partial charge in [0.2, 0.25) is 0 Å². The zero-order chi connectivity index (χ0) is 8.97. The van der Waals surface area contributed by atoms with Crippen LogP contribution < -0.4 is 5.32 Å². The first kappa shape index (κ1) is 9.64. The van der Waals surface area contributed by atoms with Gasteiger partial charge in [-0.2, -0.15) is 0 Å². The molecule has 0 aromatic carbocycles. The number of aryl methyl sites for hydroxylation is 1. The number of methoxy groups -OCH3 is 1. The predicted molar refractivity (Wildman–Crippen MR) is 50.3 cm³/mol. The van der Waals surface area contributed by atoms with Gasteiger partial charge in [0.05, 0.1) is 12.3 Å². The summed E-state index contributed by atoms with van der Waals surface area (Å²) in [6, 6.07) is 0. The molecule has 12 heavy (non-hydrogen) atoms. The lowest BCUT2D eigenvalue weighted by Gasteiger charge is -1.93. The van der Waals surface area contributed by atoms with Gasteiger partial charge in [-0.25, -0.2) is 4.98 Å². The standard InChI is InChI=1S/C8H14N2OS/c1-6-7(4-9-2)12-8(10-6)5-11-3/h9H,4-5H2,1-3H3. The van der Waals surface area contributed by atoms with Crippen molar-refractivity contribution < 1.29 is 4.74 Å². The van der Waals surface area contributed by atoms with E-state index in [-0.39, 0.29) is 0 Å². The van der Waals surface area contributed by atoms with Crippen LogP contribution in [-0.2, 0) is 17.9 Å². The van der Waals surface area contributed by atoms with Gasteiger partial charge in [-0.05, 0) is 14.0 Å². The monoisotopic (exact) mass is 186 g/mol. The molecule has 0 aliphatic rings. The topological polar surface area (TPSA) is 34.1 Å². The van der Waals surface area contributed by atoms with Gasteiger partial charge < -0.3 is 10.1 Å². The van der Waals surface area contributed by atoms with Crippen molar-refractivity contribution in [2.45, 2.75) is 20.1 Å². The number of thiazole rings is 1. The van der Waals surface area contributed by atoms with Crippen LogP contribution in [0.25, 0.3) is 0 Å². The minimum absolute atomic E-state index is 0.620. The Bertz CT molecular complexity index is 247. The second-order valence-corrected chi connectivity index (χ2v) is 3.75. The summed E-state index contributed by atoms with van der Waals surface area (Å²) in [5.74, 6) is 0. The van der Waals surface area contributed by atoms with Crippen LogP contribution in [0.4, 0.5) is 0 Å². The molecule has 68 valence electrons. The van der Waals surface area contributed by atoms with Crippen molar-refractivity contribution in [3.05, 3.63) is 15.6 Å². The molecule has 0 unspecified atom stereocenters. The molecular weight excluding hydrogens is 172 g/mol. The molecule has 1 rings (SSSR count). The Morgan fingerprint density at radius 1 is 1.58 bits per heavy atom. The highest BCUT2D eigenvalue weighted by molar-refractivity contribution is 7.11. The number of nitrogens with zero attached hydrogens (tertiary/aromatic N) is 1. The van der Waals surface area contributed by atoms with Gasteiger partial charge in [0.1, 0.15) is 5.01 Å². The minimum atomic E-state index is 0.620. The molecule has 0 aliphatic carbocycles. The van der Waals surface area contributed by atoms with E-state index in [2.05, 4.69) is 10.3 Å². The Labute approximate surface area is 76.8 Å². The zero-order valence-electron chi connectivity index (χ0n) is 7.68. The van der Waals surface area contributed by atoms with Crippen molar-refractivity contribution in [1.82, 2.24) is 10.3 Å². The summed E-state index contributed by atoms with van der Waals surface area (Å²) in [6.07, 6.45) is 0. The van der Waals surface area contributed by atoms with Gasteiger partial charge in [0.15, 0.2) is 0 Å². The first-order valence-electron chi connectivity index (χ1n) is 3.86. The normalized spacial score (nSPS) is 10.6. The highest BCUT2D eigenvalue weighted by Crippen LogP contribution is 2.17. The zero-order valence-corrected chi connectivity index (χ0v) is 8.49.